The van der Waals surface area contributed by atoms with Crippen LogP contribution in [0.15, 0.2) is 0 Å². The van der Waals surface area contributed by atoms with Crippen LogP contribution in [0.2, 0.25) is 0 Å². The van der Waals surface area contributed by atoms with Gasteiger partial charge in [0.25, 0.3) is 0 Å². The van der Waals surface area contributed by atoms with Gasteiger partial charge < -0.3 is 15.2 Å². The minimum atomic E-state index is -0.969. The third-order valence-corrected chi connectivity index (χ3v) is 3.89. The SMILES string of the molecule is Cc1sc(NC2(C)CCOCC2)nc1C(=O)O. The number of anilines is 1. The summed E-state index contributed by atoms with van der Waals surface area (Å²) in [6.45, 7) is 5.37. The van der Waals surface area contributed by atoms with E-state index in [9.17, 15) is 4.79 Å². The number of thiazole rings is 1. The van der Waals surface area contributed by atoms with Crippen LogP contribution >= 0.6 is 11.3 Å². The van der Waals surface area contributed by atoms with Gasteiger partial charge in [-0.15, -0.1) is 11.3 Å². The molecule has 5 nitrogen and oxygen atoms in total. The second kappa shape index (κ2) is 4.62. The molecule has 0 aliphatic carbocycles. The Bertz CT molecular complexity index is 424. The van der Waals surface area contributed by atoms with Crippen molar-refractivity contribution >= 4 is 22.4 Å². The van der Waals surface area contributed by atoms with Gasteiger partial charge in [-0.2, -0.15) is 0 Å². The van der Waals surface area contributed by atoms with E-state index in [1.807, 2.05) is 0 Å². The Labute approximate surface area is 104 Å². The number of hydrogen-bond donors (Lipinski definition) is 2. The fraction of sp³-hybridized carbons (Fsp3) is 0.636. The number of aromatic nitrogens is 1. The molecule has 0 bridgehead atoms. The summed E-state index contributed by atoms with van der Waals surface area (Å²) in [5.41, 5.74) is 0.103. The molecular formula is C11H16N2O3S. The Balaban J connectivity index is 2.13. The molecule has 6 heteroatoms. The third-order valence-electron chi connectivity index (χ3n) is 3.00. The Hall–Kier alpha value is -1.14. The van der Waals surface area contributed by atoms with E-state index in [0.717, 1.165) is 30.9 Å². The summed E-state index contributed by atoms with van der Waals surface area (Å²) < 4.78 is 5.32. The fourth-order valence-corrected chi connectivity index (χ4v) is 2.81. The molecule has 2 N–H and O–H groups in total. The van der Waals surface area contributed by atoms with Crippen LogP contribution in [-0.4, -0.2) is 34.8 Å². The van der Waals surface area contributed by atoms with E-state index in [4.69, 9.17) is 9.84 Å². The quantitative estimate of drug-likeness (QED) is 0.866. The van der Waals surface area contributed by atoms with Gasteiger partial charge in [0, 0.05) is 23.6 Å². The molecule has 17 heavy (non-hydrogen) atoms. The molecule has 1 aliphatic heterocycles. The van der Waals surface area contributed by atoms with Crippen molar-refractivity contribution < 1.29 is 14.6 Å². The number of aryl methyl sites for hydroxylation is 1. The minimum Gasteiger partial charge on any atom is -0.476 e. The maximum Gasteiger partial charge on any atom is 0.355 e. The topological polar surface area (TPSA) is 71.5 Å². The summed E-state index contributed by atoms with van der Waals surface area (Å²) in [6, 6.07) is 0. The average Bonchev–Trinajstić information content (AvgIpc) is 2.59. The van der Waals surface area contributed by atoms with Crippen LogP contribution in [0.4, 0.5) is 5.13 Å². The molecule has 2 heterocycles. The molecule has 0 saturated carbocycles. The summed E-state index contributed by atoms with van der Waals surface area (Å²) >= 11 is 1.39. The smallest absolute Gasteiger partial charge is 0.355 e. The lowest BCUT2D eigenvalue weighted by Crippen LogP contribution is -2.40. The first-order valence-electron chi connectivity index (χ1n) is 5.57. The molecule has 0 radical (unpaired) electrons. The molecule has 0 unspecified atom stereocenters. The highest BCUT2D eigenvalue weighted by Crippen LogP contribution is 2.29. The molecule has 0 atom stereocenters. The zero-order valence-corrected chi connectivity index (χ0v) is 10.8. The number of carboxylic acid groups (broad SMARTS) is 1. The largest absolute Gasteiger partial charge is 0.476 e. The third kappa shape index (κ3) is 2.76. The average molecular weight is 256 g/mol. The van der Waals surface area contributed by atoms with Gasteiger partial charge in [-0.1, -0.05) is 0 Å². The van der Waals surface area contributed by atoms with Crippen LogP contribution in [-0.2, 0) is 4.74 Å². The lowest BCUT2D eigenvalue weighted by atomic mass is 9.93. The van der Waals surface area contributed by atoms with E-state index in [2.05, 4.69) is 17.2 Å². The lowest BCUT2D eigenvalue weighted by Gasteiger charge is -2.34. The highest BCUT2D eigenvalue weighted by atomic mass is 32.1. The molecule has 0 amide bonds. The van der Waals surface area contributed by atoms with Crippen molar-refractivity contribution in [1.82, 2.24) is 4.98 Å². The molecule has 1 fully saturated rings. The van der Waals surface area contributed by atoms with Gasteiger partial charge in [0.2, 0.25) is 0 Å². The number of hydrogen-bond acceptors (Lipinski definition) is 5. The van der Waals surface area contributed by atoms with Crippen molar-refractivity contribution in [1.29, 1.82) is 0 Å². The number of nitrogens with one attached hydrogen (secondary N) is 1. The van der Waals surface area contributed by atoms with Gasteiger partial charge in [-0.3, -0.25) is 0 Å². The van der Waals surface area contributed by atoms with Crippen molar-refractivity contribution in [2.75, 3.05) is 18.5 Å². The second-order valence-electron chi connectivity index (χ2n) is 4.53. The van der Waals surface area contributed by atoms with E-state index in [1.165, 1.54) is 11.3 Å². The lowest BCUT2D eigenvalue weighted by molar-refractivity contribution is 0.0655. The van der Waals surface area contributed by atoms with Gasteiger partial charge in [-0.25, -0.2) is 9.78 Å². The first kappa shape index (κ1) is 12.3. The molecule has 94 valence electrons. The molecule has 0 aromatic carbocycles. The fourth-order valence-electron chi connectivity index (χ4n) is 1.85. The van der Waals surface area contributed by atoms with Crippen molar-refractivity contribution in [3.63, 3.8) is 0 Å². The van der Waals surface area contributed by atoms with Crippen molar-refractivity contribution in [3.05, 3.63) is 10.6 Å². The van der Waals surface area contributed by atoms with Gasteiger partial charge >= 0.3 is 5.97 Å². The van der Waals surface area contributed by atoms with E-state index in [0.29, 0.717) is 5.13 Å². The number of carboxylic acids is 1. The summed E-state index contributed by atoms with van der Waals surface area (Å²) in [5, 5.41) is 13.0. The highest BCUT2D eigenvalue weighted by molar-refractivity contribution is 7.15. The number of nitrogens with zero attached hydrogens (tertiary/aromatic N) is 1. The summed E-state index contributed by atoms with van der Waals surface area (Å²) in [4.78, 5) is 15.8. The van der Waals surface area contributed by atoms with E-state index < -0.39 is 5.97 Å². The first-order chi connectivity index (χ1) is 8.00. The number of carbonyl (C=O) groups is 1. The first-order valence-corrected chi connectivity index (χ1v) is 6.38. The number of ether oxygens (including phenoxy) is 1. The Morgan fingerprint density at radius 1 is 1.53 bits per heavy atom. The van der Waals surface area contributed by atoms with Crippen LogP contribution in [0.3, 0.4) is 0 Å². The van der Waals surface area contributed by atoms with Crippen LogP contribution in [0.25, 0.3) is 0 Å². The predicted molar refractivity (Wildman–Crippen MR) is 65.9 cm³/mol. The highest BCUT2D eigenvalue weighted by Gasteiger charge is 2.28. The van der Waals surface area contributed by atoms with E-state index in [-0.39, 0.29) is 11.2 Å². The number of aromatic carboxylic acids is 1. The van der Waals surface area contributed by atoms with Crippen molar-refractivity contribution in [2.45, 2.75) is 32.2 Å². The van der Waals surface area contributed by atoms with Crippen LogP contribution < -0.4 is 5.32 Å². The van der Waals surface area contributed by atoms with Crippen molar-refractivity contribution in [2.24, 2.45) is 0 Å². The molecule has 1 aromatic heterocycles. The summed E-state index contributed by atoms with van der Waals surface area (Å²) in [7, 11) is 0. The normalized spacial score (nSPS) is 18.9. The monoisotopic (exact) mass is 256 g/mol. The second-order valence-corrected chi connectivity index (χ2v) is 5.73. The Morgan fingerprint density at radius 2 is 2.18 bits per heavy atom. The molecular weight excluding hydrogens is 240 g/mol. The summed E-state index contributed by atoms with van der Waals surface area (Å²) in [6.07, 6.45) is 1.82. The van der Waals surface area contributed by atoms with E-state index >= 15 is 0 Å². The molecule has 1 aliphatic rings. The standard InChI is InChI=1S/C11H16N2O3S/c1-7-8(9(14)15)12-10(17-7)13-11(2)3-5-16-6-4-11/h3-6H2,1-2H3,(H,12,13)(H,14,15). The molecule has 1 saturated heterocycles. The zero-order chi connectivity index (χ0) is 12.5. The maximum atomic E-state index is 10.9. The van der Waals surface area contributed by atoms with Gasteiger partial charge in [0.15, 0.2) is 10.8 Å². The maximum absolute atomic E-state index is 10.9. The predicted octanol–water partition coefficient (Wildman–Crippen LogP) is 2.13. The van der Waals surface area contributed by atoms with E-state index in [1.54, 1.807) is 6.92 Å². The number of rotatable bonds is 3. The Morgan fingerprint density at radius 3 is 2.71 bits per heavy atom. The molecule has 1 aromatic rings. The summed E-state index contributed by atoms with van der Waals surface area (Å²) in [5.74, 6) is -0.969. The zero-order valence-electron chi connectivity index (χ0n) is 9.95. The van der Waals surface area contributed by atoms with Crippen LogP contribution in [0.5, 0.6) is 0 Å². The van der Waals surface area contributed by atoms with Crippen molar-refractivity contribution in [3.8, 4) is 0 Å². The van der Waals surface area contributed by atoms with Crippen LogP contribution in [0.1, 0.15) is 35.1 Å². The van der Waals surface area contributed by atoms with Gasteiger partial charge in [-0.05, 0) is 26.7 Å². The van der Waals surface area contributed by atoms with Gasteiger partial charge in [0.05, 0.1) is 0 Å². The minimum absolute atomic E-state index is 0.0433. The molecule has 0 spiro atoms. The van der Waals surface area contributed by atoms with Crippen LogP contribution in [0, 0.1) is 6.92 Å². The molecule has 2 rings (SSSR count). The Kier molecular flexibility index (Phi) is 3.35. The van der Waals surface area contributed by atoms with Gasteiger partial charge in [0.1, 0.15) is 0 Å².